The molecule has 20 heavy (non-hydrogen) atoms. The van der Waals surface area contributed by atoms with Crippen molar-refractivity contribution in [2.24, 2.45) is 0 Å². The smallest absolute Gasteiger partial charge is 0.230 e. The highest BCUT2D eigenvalue weighted by atomic mass is 16.5. The van der Waals surface area contributed by atoms with Crippen molar-refractivity contribution in [3.63, 3.8) is 0 Å². The minimum Gasteiger partial charge on any atom is -0.492 e. The van der Waals surface area contributed by atoms with E-state index >= 15 is 0 Å². The third-order valence-electron chi connectivity index (χ3n) is 3.83. The molecule has 0 unspecified atom stereocenters. The Labute approximate surface area is 115 Å². The van der Waals surface area contributed by atoms with Crippen molar-refractivity contribution in [1.82, 2.24) is 5.16 Å². The lowest BCUT2D eigenvalue weighted by atomic mass is 9.94. The summed E-state index contributed by atoms with van der Waals surface area (Å²) in [4.78, 5) is 0. The summed E-state index contributed by atoms with van der Waals surface area (Å²) in [7, 11) is 1.66. The molecule has 0 fully saturated rings. The number of hydrogen-bond acceptors (Lipinski definition) is 6. The van der Waals surface area contributed by atoms with Gasteiger partial charge >= 0.3 is 0 Å². The van der Waals surface area contributed by atoms with Gasteiger partial charge in [-0.15, -0.1) is 0 Å². The Morgan fingerprint density at radius 1 is 1.15 bits per heavy atom. The van der Waals surface area contributed by atoms with Crippen LogP contribution in [0.4, 0.5) is 5.88 Å². The number of fused-ring (bicyclic) bond motifs is 2. The standard InChI is InChI=1S/C14H14N2O4/c1-17-12-8-3-5-18-11(8)10(7-2-4-19-13(7)12)9-6-16-20-14(9)15/h6H,2-5,15H2,1H3. The van der Waals surface area contributed by atoms with Gasteiger partial charge < -0.3 is 24.5 Å². The van der Waals surface area contributed by atoms with Crippen molar-refractivity contribution in [2.45, 2.75) is 12.8 Å². The van der Waals surface area contributed by atoms with Gasteiger partial charge in [-0.1, -0.05) is 5.16 Å². The molecule has 0 amide bonds. The zero-order valence-electron chi connectivity index (χ0n) is 11.1. The maximum Gasteiger partial charge on any atom is 0.230 e. The van der Waals surface area contributed by atoms with Gasteiger partial charge in [-0.05, 0) is 0 Å². The Hall–Kier alpha value is -2.37. The van der Waals surface area contributed by atoms with Crippen molar-refractivity contribution >= 4 is 5.88 Å². The lowest BCUT2D eigenvalue weighted by Gasteiger charge is -2.15. The molecule has 2 N–H and O–H groups in total. The molecule has 2 aromatic rings. The van der Waals surface area contributed by atoms with Gasteiger partial charge in [0.25, 0.3) is 0 Å². The lowest BCUT2D eigenvalue weighted by molar-refractivity contribution is 0.324. The summed E-state index contributed by atoms with van der Waals surface area (Å²) >= 11 is 0. The van der Waals surface area contributed by atoms with Crippen LogP contribution in [0.2, 0.25) is 0 Å². The van der Waals surface area contributed by atoms with Crippen LogP contribution in [0.15, 0.2) is 10.7 Å². The van der Waals surface area contributed by atoms with Crippen LogP contribution in [0.1, 0.15) is 11.1 Å². The maximum atomic E-state index is 5.87. The summed E-state index contributed by atoms with van der Waals surface area (Å²) < 4.78 is 22.1. The minimum absolute atomic E-state index is 0.293. The molecule has 0 atom stereocenters. The van der Waals surface area contributed by atoms with E-state index in [1.54, 1.807) is 13.3 Å². The summed E-state index contributed by atoms with van der Waals surface area (Å²) in [6.07, 6.45) is 3.22. The van der Waals surface area contributed by atoms with E-state index in [9.17, 15) is 0 Å². The van der Waals surface area contributed by atoms with Crippen LogP contribution in [0.5, 0.6) is 17.2 Å². The fourth-order valence-electron chi connectivity index (χ4n) is 3.00. The second-order valence-electron chi connectivity index (χ2n) is 4.82. The molecule has 4 rings (SSSR count). The van der Waals surface area contributed by atoms with Crippen molar-refractivity contribution in [2.75, 3.05) is 26.1 Å². The van der Waals surface area contributed by atoms with Crippen LogP contribution in [0, 0.1) is 0 Å². The molecule has 0 bridgehead atoms. The van der Waals surface area contributed by atoms with E-state index in [1.165, 1.54) is 0 Å². The molecule has 2 aliphatic rings. The van der Waals surface area contributed by atoms with Gasteiger partial charge in [0.05, 0.1) is 32.1 Å². The van der Waals surface area contributed by atoms with Crippen LogP contribution in [0.25, 0.3) is 11.1 Å². The average Bonchev–Trinajstić information content (AvgIpc) is 3.15. The van der Waals surface area contributed by atoms with Crippen LogP contribution in [-0.2, 0) is 12.8 Å². The van der Waals surface area contributed by atoms with E-state index in [2.05, 4.69) is 5.16 Å². The summed E-state index contributed by atoms with van der Waals surface area (Å²) in [6, 6.07) is 0. The SMILES string of the molecule is COc1c2c(c(-c3cnoc3N)c3c1OCC3)OCC2. The van der Waals surface area contributed by atoms with Gasteiger partial charge in [-0.3, -0.25) is 0 Å². The molecule has 0 radical (unpaired) electrons. The third kappa shape index (κ3) is 1.36. The number of hydrogen-bond donors (Lipinski definition) is 1. The Bertz CT molecular complexity index is 658. The number of nitrogens with two attached hydrogens (primary N) is 1. The quantitative estimate of drug-likeness (QED) is 0.899. The van der Waals surface area contributed by atoms with Crippen LogP contribution >= 0.6 is 0 Å². The predicted octanol–water partition coefficient (Wildman–Crippen LogP) is 1.80. The maximum absolute atomic E-state index is 5.87. The minimum atomic E-state index is 0.293. The molecule has 1 aromatic carbocycles. The molecule has 0 saturated carbocycles. The first-order chi connectivity index (χ1) is 9.81. The van der Waals surface area contributed by atoms with E-state index < -0.39 is 0 Å². The number of aromatic nitrogens is 1. The van der Waals surface area contributed by atoms with Crippen molar-refractivity contribution in [3.8, 4) is 28.4 Å². The zero-order chi connectivity index (χ0) is 13.7. The molecule has 1 aromatic heterocycles. The number of methoxy groups -OCH3 is 1. The molecule has 3 heterocycles. The normalized spacial score (nSPS) is 15.4. The largest absolute Gasteiger partial charge is 0.492 e. The molecule has 104 valence electrons. The number of nitrogen functional groups attached to an aromatic ring is 1. The topological polar surface area (TPSA) is 79.7 Å². The van der Waals surface area contributed by atoms with Crippen molar-refractivity contribution in [1.29, 1.82) is 0 Å². The second-order valence-corrected chi connectivity index (χ2v) is 4.82. The first-order valence-corrected chi connectivity index (χ1v) is 6.53. The van der Waals surface area contributed by atoms with Gasteiger partial charge in [0.1, 0.15) is 5.75 Å². The number of anilines is 1. The molecular weight excluding hydrogens is 260 g/mol. The fourth-order valence-corrected chi connectivity index (χ4v) is 3.00. The van der Waals surface area contributed by atoms with E-state index in [0.717, 1.165) is 52.3 Å². The highest BCUT2D eigenvalue weighted by molar-refractivity contribution is 5.86. The van der Waals surface area contributed by atoms with Crippen molar-refractivity contribution in [3.05, 3.63) is 17.3 Å². The number of benzene rings is 1. The first kappa shape index (κ1) is 11.5. The Kier molecular flexibility index (Phi) is 2.33. The molecule has 0 spiro atoms. The van der Waals surface area contributed by atoms with Crippen LogP contribution in [-0.4, -0.2) is 25.5 Å². The van der Waals surface area contributed by atoms with Gasteiger partial charge in [-0.2, -0.15) is 0 Å². The summed E-state index contributed by atoms with van der Waals surface area (Å²) in [5, 5.41) is 3.76. The van der Waals surface area contributed by atoms with E-state index in [1.807, 2.05) is 0 Å². The Balaban J connectivity index is 2.07. The van der Waals surface area contributed by atoms with E-state index in [0.29, 0.717) is 19.1 Å². The first-order valence-electron chi connectivity index (χ1n) is 6.53. The van der Waals surface area contributed by atoms with E-state index in [4.69, 9.17) is 24.5 Å². The summed E-state index contributed by atoms with van der Waals surface area (Å²) in [6.45, 7) is 1.26. The van der Waals surface area contributed by atoms with Gasteiger partial charge in [0.2, 0.25) is 5.88 Å². The molecule has 6 heteroatoms. The molecule has 6 nitrogen and oxygen atoms in total. The third-order valence-corrected chi connectivity index (χ3v) is 3.83. The highest BCUT2D eigenvalue weighted by Gasteiger charge is 2.34. The fraction of sp³-hybridized carbons (Fsp3) is 0.357. The Morgan fingerprint density at radius 2 is 1.90 bits per heavy atom. The predicted molar refractivity (Wildman–Crippen MR) is 71.3 cm³/mol. The summed E-state index contributed by atoms with van der Waals surface area (Å²) in [5.41, 5.74) is 9.65. The van der Waals surface area contributed by atoms with Crippen molar-refractivity contribution < 1.29 is 18.7 Å². The highest BCUT2D eigenvalue weighted by Crippen LogP contribution is 2.53. The van der Waals surface area contributed by atoms with E-state index in [-0.39, 0.29) is 0 Å². The second kappa shape index (κ2) is 4.06. The zero-order valence-corrected chi connectivity index (χ0v) is 11.1. The summed E-state index contributed by atoms with van der Waals surface area (Å²) in [5.74, 6) is 2.69. The number of nitrogens with zero attached hydrogens (tertiary/aromatic N) is 1. The monoisotopic (exact) mass is 274 g/mol. The number of ether oxygens (including phenoxy) is 3. The number of rotatable bonds is 2. The van der Waals surface area contributed by atoms with Gasteiger partial charge in [-0.25, -0.2) is 0 Å². The van der Waals surface area contributed by atoms with Gasteiger partial charge in [0.15, 0.2) is 11.5 Å². The lowest BCUT2D eigenvalue weighted by Crippen LogP contribution is -1.97. The molecule has 2 aliphatic heterocycles. The average molecular weight is 274 g/mol. The molecular formula is C14H14N2O4. The van der Waals surface area contributed by atoms with Gasteiger partial charge in [0, 0.05) is 29.5 Å². The Morgan fingerprint density at radius 3 is 2.60 bits per heavy atom. The van der Waals surface area contributed by atoms with Crippen LogP contribution < -0.4 is 19.9 Å². The molecule has 0 saturated heterocycles. The molecule has 0 aliphatic carbocycles. The van der Waals surface area contributed by atoms with Crippen LogP contribution in [0.3, 0.4) is 0 Å².